The molecule has 3 heteroatoms. The molecule has 2 N–H and O–H groups in total. The van der Waals surface area contributed by atoms with Crippen molar-refractivity contribution in [3.05, 3.63) is 65.5 Å². The van der Waals surface area contributed by atoms with Crippen LogP contribution in [0.15, 0.2) is 48.5 Å². The molecule has 0 saturated heterocycles. The fourth-order valence-corrected chi connectivity index (χ4v) is 1.84. The van der Waals surface area contributed by atoms with Gasteiger partial charge in [0.25, 0.3) is 0 Å². The van der Waals surface area contributed by atoms with Gasteiger partial charge in [-0.3, -0.25) is 0 Å². The minimum atomic E-state index is -0.358. The first kappa shape index (κ1) is 13.6. The first-order valence-corrected chi connectivity index (χ1v) is 6.38. The summed E-state index contributed by atoms with van der Waals surface area (Å²) in [7, 11) is 0. The van der Waals surface area contributed by atoms with Crippen molar-refractivity contribution in [2.24, 2.45) is 5.73 Å². The van der Waals surface area contributed by atoms with Crippen LogP contribution in [-0.4, -0.2) is 6.61 Å². The number of nitrogens with two attached hydrogens (primary N) is 1. The minimum Gasteiger partial charge on any atom is -0.490 e. The maximum absolute atomic E-state index is 13.8. The fraction of sp³-hybridized carbons (Fsp3) is 0.250. The quantitative estimate of drug-likeness (QED) is 0.892. The van der Waals surface area contributed by atoms with Crippen molar-refractivity contribution < 1.29 is 9.13 Å². The van der Waals surface area contributed by atoms with Crippen LogP contribution in [0.4, 0.5) is 4.39 Å². The fourth-order valence-electron chi connectivity index (χ4n) is 1.84. The van der Waals surface area contributed by atoms with Gasteiger partial charge >= 0.3 is 0 Å². The molecule has 1 atom stereocenters. The van der Waals surface area contributed by atoms with Gasteiger partial charge in [-0.05, 0) is 30.2 Å². The Morgan fingerprint density at radius 1 is 1.16 bits per heavy atom. The van der Waals surface area contributed by atoms with Crippen LogP contribution in [0.3, 0.4) is 0 Å². The molecule has 0 bridgehead atoms. The second kappa shape index (κ2) is 6.34. The molecule has 0 amide bonds. The molecule has 0 fully saturated rings. The van der Waals surface area contributed by atoms with Crippen LogP contribution < -0.4 is 10.5 Å². The summed E-state index contributed by atoms with van der Waals surface area (Å²) in [6.07, 6.45) is 0.759. The van der Waals surface area contributed by atoms with Gasteiger partial charge in [0.15, 0.2) is 11.6 Å². The highest BCUT2D eigenvalue weighted by molar-refractivity contribution is 5.30. The van der Waals surface area contributed by atoms with E-state index in [-0.39, 0.29) is 17.6 Å². The third kappa shape index (κ3) is 3.80. The highest BCUT2D eigenvalue weighted by atomic mass is 19.1. The van der Waals surface area contributed by atoms with Crippen LogP contribution in [0.25, 0.3) is 0 Å². The first-order valence-electron chi connectivity index (χ1n) is 6.38. The topological polar surface area (TPSA) is 35.2 Å². The molecule has 0 saturated carbocycles. The number of halogens is 1. The minimum absolute atomic E-state index is 0.173. The summed E-state index contributed by atoms with van der Waals surface area (Å²) >= 11 is 0. The average Bonchev–Trinajstić information content (AvgIpc) is 2.41. The lowest BCUT2D eigenvalue weighted by molar-refractivity contribution is 0.305. The Balaban J connectivity index is 1.93. The molecule has 0 aliphatic rings. The molecule has 0 aliphatic carbocycles. The van der Waals surface area contributed by atoms with E-state index in [1.807, 2.05) is 37.3 Å². The largest absolute Gasteiger partial charge is 0.490 e. The molecule has 2 nitrogen and oxygen atoms in total. The summed E-state index contributed by atoms with van der Waals surface area (Å²) < 4.78 is 19.2. The molecule has 0 radical (unpaired) electrons. The molecule has 0 aliphatic heterocycles. The lowest BCUT2D eigenvalue weighted by Gasteiger charge is -2.10. The van der Waals surface area contributed by atoms with Crippen molar-refractivity contribution >= 4 is 0 Å². The van der Waals surface area contributed by atoms with Crippen molar-refractivity contribution in [3.63, 3.8) is 0 Å². The lowest BCUT2D eigenvalue weighted by Crippen LogP contribution is -2.07. The maximum Gasteiger partial charge on any atom is 0.165 e. The first-order chi connectivity index (χ1) is 9.16. The third-order valence-electron chi connectivity index (χ3n) is 2.97. The lowest BCUT2D eigenvalue weighted by atomic mass is 10.1. The summed E-state index contributed by atoms with van der Waals surface area (Å²) in [5.41, 5.74) is 7.65. The van der Waals surface area contributed by atoms with Crippen LogP contribution >= 0.6 is 0 Å². The number of rotatable bonds is 5. The molecule has 19 heavy (non-hydrogen) atoms. The van der Waals surface area contributed by atoms with Crippen LogP contribution in [0.5, 0.6) is 5.75 Å². The third-order valence-corrected chi connectivity index (χ3v) is 2.97. The van der Waals surface area contributed by atoms with E-state index in [2.05, 4.69) is 0 Å². The highest BCUT2D eigenvalue weighted by Gasteiger charge is 2.07. The molecule has 0 aromatic heterocycles. The highest BCUT2D eigenvalue weighted by Crippen LogP contribution is 2.21. The second-order valence-corrected chi connectivity index (χ2v) is 4.56. The van der Waals surface area contributed by atoms with Gasteiger partial charge < -0.3 is 10.5 Å². The van der Waals surface area contributed by atoms with E-state index >= 15 is 0 Å². The molecular formula is C16H18FNO. The Hall–Kier alpha value is -1.87. The predicted octanol–water partition coefficient (Wildman–Crippen LogP) is 3.47. The Morgan fingerprint density at radius 2 is 1.89 bits per heavy atom. The van der Waals surface area contributed by atoms with E-state index in [1.54, 1.807) is 12.1 Å². The van der Waals surface area contributed by atoms with Gasteiger partial charge in [-0.2, -0.15) is 0 Å². The zero-order valence-electron chi connectivity index (χ0n) is 11.0. The second-order valence-electron chi connectivity index (χ2n) is 4.56. The van der Waals surface area contributed by atoms with Crippen LogP contribution in [-0.2, 0) is 6.42 Å². The summed E-state index contributed by atoms with van der Waals surface area (Å²) in [5.74, 6) is -0.0804. The Morgan fingerprint density at radius 3 is 2.53 bits per heavy atom. The smallest absolute Gasteiger partial charge is 0.165 e. The summed E-state index contributed by atoms with van der Waals surface area (Å²) in [5, 5.41) is 0. The van der Waals surface area contributed by atoms with Gasteiger partial charge in [0.05, 0.1) is 6.61 Å². The average molecular weight is 259 g/mol. The van der Waals surface area contributed by atoms with Crippen molar-refractivity contribution in [2.75, 3.05) is 6.61 Å². The van der Waals surface area contributed by atoms with Gasteiger partial charge in [-0.15, -0.1) is 0 Å². The van der Waals surface area contributed by atoms with E-state index in [0.29, 0.717) is 6.61 Å². The number of benzene rings is 2. The van der Waals surface area contributed by atoms with E-state index in [9.17, 15) is 4.39 Å². The van der Waals surface area contributed by atoms with Crippen molar-refractivity contribution in [1.29, 1.82) is 0 Å². The van der Waals surface area contributed by atoms with Gasteiger partial charge in [-0.25, -0.2) is 4.39 Å². The van der Waals surface area contributed by atoms with E-state index in [0.717, 1.165) is 12.0 Å². The Bertz CT molecular complexity index is 526. The zero-order chi connectivity index (χ0) is 13.7. The van der Waals surface area contributed by atoms with Crippen molar-refractivity contribution in [2.45, 2.75) is 19.4 Å². The van der Waals surface area contributed by atoms with Gasteiger partial charge in [0, 0.05) is 12.5 Å². The van der Waals surface area contributed by atoms with E-state index < -0.39 is 0 Å². The van der Waals surface area contributed by atoms with Crippen molar-refractivity contribution in [3.8, 4) is 5.75 Å². The van der Waals surface area contributed by atoms with Gasteiger partial charge in [0.1, 0.15) is 0 Å². The number of hydrogen-bond acceptors (Lipinski definition) is 2. The van der Waals surface area contributed by atoms with Crippen molar-refractivity contribution in [1.82, 2.24) is 0 Å². The van der Waals surface area contributed by atoms with E-state index in [4.69, 9.17) is 10.5 Å². The number of hydrogen-bond donors (Lipinski definition) is 1. The zero-order valence-corrected chi connectivity index (χ0v) is 11.0. The molecule has 100 valence electrons. The van der Waals surface area contributed by atoms with Crippen LogP contribution in [0.2, 0.25) is 0 Å². The summed E-state index contributed by atoms with van der Waals surface area (Å²) in [6, 6.07) is 14.7. The molecular weight excluding hydrogens is 241 g/mol. The number of ether oxygens (including phenoxy) is 1. The molecule has 0 heterocycles. The SMILES string of the molecule is CC(N)c1ccc(OCCc2ccccc2)c(F)c1. The standard InChI is InChI=1S/C16H18FNO/c1-12(18)14-7-8-16(15(17)11-14)19-10-9-13-5-3-2-4-6-13/h2-8,11-12H,9-10,18H2,1H3. The van der Waals surface area contributed by atoms with Crippen LogP contribution in [0.1, 0.15) is 24.1 Å². The predicted molar refractivity (Wildman–Crippen MR) is 74.6 cm³/mol. The molecule has 2 aromatic rings. The molecule has 2 rings (SSSR count). The Labute approximate surface area is 113 Å². The maximum atomic E-state index is 13.8. The monoisotopic (exact) mass is 259 g/mol. The molecule has 1 unspecified atom stereocenters. The van der Waals surface area contributed by atoms with Gasteiger partial charge in [-0.1, -0.05) is 36.4 Å². The summed E-state index contributed by atoms with van der Waals surface area (Å²) in [6.45, 7) is 2.28. The normalized spacial score (nSPS) is 12.2. The summed E-state index contributed by atoms with van der Waals surface area (Å²) in [4.78, 5) is 0. The van der Waals surface area contributed by atoms with E-state index in [1.165, 1.54) is 11.6 Å². The molecule has 2 aromatic carbocycles. The van der Waals surface area contributed by atoms with Crippen LogP contribution in [0, 0.1) is 5.82 Å². The Kier molecular flexibility index (Phi) is 4.53. The van der Waals surface area contributed by atoms with Gasteiger partial charge in [0.2, 0.25) is 0 Å². The molecule has 0 spiro atoms.